The number of aryl methyl sites for hydroxylation is 1. The number of halogens is 1. The third-order valence-corrected chi connectivity index (χ3v) is 3.16. The van der Waals surface area contributed by atoms with Gasteiger partial charge in [0.05, 0.1) is 5.69 Å². The lowest BCUT2D eigenvalue weighted by atomic mass is 10.2. The van der Waals surface area contributed by atoms with E-state index in [4.69, 9.17) is 5.11 Å². The predicted octanol–water partition coefficient (Wildman–Crippen LogP) is 3.13. The van der Waals surface area contributed by atoms with Crippen LogP contribution in [0.2, 0.25) is 0 Å². The molecule has 0 heterocycles. The minimum absolute atomic E-state index is 0.132. The monoisotopic (exact) mass is 328 g/mol. The Balaban J connectivity index is 2.31. The number of unbranched alkanes of at least 4 members (excludes halogenated alkanes) is 1. The summed E-state index contributed by atoms with van der Waals surface area (Å²) in [5.74, 6) is -0.812. The topological polar surface area (TPSA) is 78.4 Å². The van der Waals surface area contributed by atoms with Gasteiger partial charge in [-0.2, -0.15) is 0 Å². The lowest BCUT2D eigenvalue weighted by molar-refractivity contribution is -0.137. The molecular formula is C13H17BrN2O3. The average Bonchev–Trinajstić information content (AvgIpc) is 2.33. The van der Waals surface area contributed by atoms with Gasteiger partial charge in [-0.1, -0.05) is 6.07 Å². The number of benzene rings is 1. The standard InChI is InChI=1S/C13H17BrN2O3/c1-9-5-6-10(14)11(8-9)16-13(19)15-7-3-2-4-12(17)18/h5-6,8H,2-4,7H2,1H3,(H,17,18)(H2,15,16,19). The minimum atomic E-state index is -0.812. The first-order valence-corrected chi connectivity index (χ1v) is 6.81. The van der Waals surface area contributed by atoms with E-state index in [1.54, 1.807) is 0 Å². The fraction of sp³-hybridized carbons (Fsp3) is 0.385. The molecule has 6 heteroatoms. The predicted molar refractivity (Wildman–Crippen MR) is 77.4 cm³/mol. The molecular weight excluding hydrogens is 312 g/mol. The van der Waals surface area contributed by atoms with Crippen LogP contribution in [0.25, 0.3) is 0 Å². The summed E-state index contributed by atoms with van der Waals surface area (Å²) in [4.78, 5) is 21.9. The number of carbonyl (C=O) groups excluding carboxylic acids is 1. The van der Waals surface area contributed by atoms with Crippen LogP contribution in [0.3, 0.4) is 0 Å². The van der Waals surface area contributed by atoms with Crippen LogP contribution in [-0.4, -0.2) is 23.7 Å². The number of rotatable bonds is 6. The Morgan fingerprint density at radius 1 is 1.32 bits per heavy atom. The third kappa shape index (κ3) is 6.24. The van der Waals surface area contributed by atoms with Crippen molar-refractivity contribution in [3.05, 3.63) is 28.2 Å². The number of carbonyl (C=O) groups is 2. The minimum Gasteiger partial charge on any atom is -0.481 e. The molecule has 0 unspecified atom stereocenters. The van der Waals surface area contributed by atoms with Gasteiger partial charge in [0.25, 0.3) is 0 Å². The molecule has 0 bridgehead atoms. The van der Waals surface area contributed by atoms with Crippen LogP contribution < -0.4 is 10.6 Å². The molecule has 3 N–H and O–H groups in total. The zero-order chi connectivity index (χ0) is 14.3. The molecule has 1 aromatic carbocycles. The van der Waals surface area contributed by atoms with Gasteiger partial charge in [0.1, 0.15) is 0 Å². The first-order chi connectivity index (χ1) is 8.99. The SMILES string of the molecule is Cc1ccc(Br)c(NC(=O)NCCCCC(=O)O)c1. The maximum Gasteiger partial charge on any atom is 0.319 e. The third-order valence-electron chi connectivity index (χ3n) is 2.47. The van der Waals surface area contributed by atoms with E-state index in [0.29, 0.717) is 25.1 Å². The van der Waals surface area contributed by atoms with Crippen molar-refractivity contribution in [2.75, 3.05) is 11.9 Å². The summed E-state index contributed by atoms with van der Waals surface area (Å²) < 4.78 is 0.819. The van der Waals surface area contributed by atoms with Crippen molar-refractivity contribution in [3.63, 3.8) is 0 Å². The zero-order valence-corrected chi connectivity index (χ0v) is 12.3. The van der Waals surface area contributed by atoms with E-state index >= 15 is 0 Å². The number of nitrogens with one attached hydrogen (secondary N) is 2. The Labute approximate surface area is 120 Å². The molecule has 0 aromatic heterocycles. The molecule has 0 radical (unpaired) electrons. The van der Waals surface area contributed by atoms with E-state index in [-0.39, 0.29) is 12.5 Å². The van der Waals surface area contributed by atoms with Crippen molar-refractivity contribution < 1.29 is 14.7 Å². The van der Waals surface area contributed by atoms with Gasteiger partial charge in [-0.25, -0.2) is 4.79 Å². The molecule has 1 aromatic rings. The molecule has 0 aliphatic rings. The zero-order valence-electron chi connectivity index (χ0n) is 10.7. The smallest absolute Gasteiger partial charge is 0.319 e. The molecule has 0 aliphatic carbocycles. The van der Waals surface area contributed by atoms with Crippen LogP contribution in [0.4, 0.5) is 10.5 Å². The van der Waals surface area contributed by atoms with Crippen molar-refractivity contribution in [2.45, 2.75) is 26.2 Å². The van der Waals surface area contributed by atoms with Crippen molar-refractivity contribution in [3.8, 4) is 0 Å². The molecule has 0 saturated heterocycles. The fourth-order valence-corrected chi connectivity index (χ4v) is 1.85. The fourth-order valence-electron chi connectivity index (χ4n) is 1.50. The van der Waals surface area contributed by atoms with Gasteiger partial charge in [-0.3, -0.25) is 4.79 Å². The van der Waals surface area contributed by atoms with E-state index in [0.717, 1.165) is 10.0 Å². The van der Waals surface area contributed by atoms with Crippen LogP contribution in [-0.2, 0) is 4.79 Å². The summed E-state index contributed by atoms with van der Waals surface area (Å²) in [6, 6.07) is 5.40. The molecule has 19 heavy (non-hydrogen) atoms. The summed E-state index contributed by atoms with van der Waals surface area (Å²) in [6.45, 7) is 2.41. The molecule has 2 amide bonds. The molecule has 0 fully saturated rings. The number of urea groups is 1. The number of hydrogen-bond acceptors (Lipinski definition) is 2. The quantitative estimate of drug-likeness (QED) is 0.702. The first-order valence-electron chi connectivity index (χ1n) is 6.02. The first kappa shape index (κ1) is 15.5. The number of hydrogen-bond donors (Lipinski definition) is 3. The Morgan fingerprint density at radius 3 is 2.74 bits per heavy atom. The molecule has 0 spiro atoms. The van der Waals surface area contributed by atoms with Gasteiger partial charge in [0, 0.05) is 17.4 Å². The number of carboxylic acid groups (broad SMARTS) is 1. The highest BCUT2D eigenvalue weighted by molar-refractivity contribution is 9.10. The maximum atomic E-state index is 11.6. The van der Waals surface area contributed by atoms with Crippen LogP contribution in [0.1, 0.15) is 24.8 Å². The van der Waals surface area contributed by atoms with Gasteiger partial charge >= 0.3 is 12.0 Å². The second-order valence-electron chi connectivity index (χ2n) is 4.22. The van der Waals surface area contributed by atoms with E-state index in [2.05, 4.69) is 26.6 Å². The summed E-state index contributed by atoms with van der Waals surface area (Å²) in [5, 5.41) is 13.9. The molecule has 0 atom stereocenters. The van der Waals surface area contributed by atoms with Crippen molar-refractivity contribution in [2.24, 2.45) is 0 Å². The maximum absolute atomic E-state index is 11.6. The molecule has 104 valence electrons. The van der Waals surface area contributed by atoms with Gasteiger partial charge in [-0.15, -0.1) is 0 Å². The Hall–Kier alpha value is -1.56. The van der Waals surface area contributed by atoms with E-state index in [9.17, 15) is 9.59 Å². The summed E-state index contributed by atoms with van der Waals surface area (Å²) in [6.07, 6.45) is 1.34. The Morgan fingerprint density at radius 2 is 2.05 bits per heavy atom. The molecule has 1 rings (SSSR count). The highest BCUT2D eigenvalue weighted by Crippen LogP contribution is 2.23. The van der Waals surface area contributed by atoms with Crippen LogP contribution in [0.15, 0.2) is 22.7 Å². The largest absolute Gasteiger partial charge is 0.481 e. The van der Waals surface area contributed by atoms with Gasteiger partial charge in [0.2, 0.25) is 0 Å². The van der Waals surface area contributed by atoms with Crippen molar-refractivity contribution in [1.29, 1.82) is 0 Å². The summed E-state index contributed by atoms with van der Waals surface area (Å²) in [5.41, 5.74) is 1.77. The second kappa shape index (κ2) is 7.78. The van der Waals surface area contributed by atoms with E-state index in [1.165, 1.54) is 0 Å². The van der Waals surface area contributed by atoms with Gasteiger partial charge < -0.3 is 15.7 Å². The van der Waals surface area contributed by atoms with Crippen LogP contribution in [0.5, 0.6) is 0 Å². The van der Waals surface area contributed by atoms with Crippen LogP contribution in [0, 0.1) is 6.92 Å². The van der Waals surface area contributed by atoms with E-state index in [1.807, 2.05) is 25.1 Å². The lowest BCUT2D eigenvalue weighted by Gasteiger charge is -2.09. The number of aliphatic carboxylic acids is 1. The van der Waals surface area contributed by atoms with E-state index < -0.39 is 5.97 Å². The molecule has 5 nitrogen and oxygen atoms in total. The van der Waals surface area contributed by atoms with Gasteiger partial charge in [-0.05, 0) is 53.4 Å². The second-order valence-corrected chi connectivity index (χ2v) is 5.07. The Bertz CT molecular complexity index is 463. The molecule has 0 aliphatic heterocycles. The Kier molecular flexibility index (Phi) is 6.35. The lowest BCUT2D eigenvalue weighted by Crippen LogP contribution is -2.29. The summed E-state index contributed by atoms with van der Waals surface area (Å²) >= 11 is 3.36. The number of carboxylic acids is 1. The summed E-state index contributed by atoms with van der Waals surface area (Å²) in [7, 11) is 0. The number of amides is 2. The van der Waals surface area contributed by atoms with Gasteiger partial charge in [0.15, 0.2) is 0 Å². The molecule has 0 saturated carbocycles. The highest BCUT2D eigenvalue weighted by atomic mass is 79.9. The van der Waals surface area contributed by atoms with Crippen molar-refractivity contribution in [1.82, 2.24) is 5.32 Å². The normalized spacial score (nSPS) is 10.0. The van der Waals surface area contributed by atoms with Crippen LogP contribution >= 0.6 is 15.9 Å². The van der Waals surface area contributed by atoms with Crippen molar-refractivity contribution >= 4 is 33.6 Å². The average molecular weight is 329 g/mol. The highest BCUT2D eigenvalue weighted by Gasteiger charge is 2.05. The number of anilines is 1.